The Morgan fingerprint density at radius 1 is 0.944 bits per heavy atom. The van der Waals surface area contributed by atoms with Gasteiger partial charge in [0.05, 0.1) is 0 Å². The monoisotopic (exact) mass is 237 g/mol. The second kappa shape index (κ2) is 4.26. The average Bonchev–Trinajstić information content (AvgIpc) is 2.77. The lowest BCUT2D eigenvalue weighted by Crippen LogP contribution is -1.99. The second-order valence-corrected chi connectivity index (χ2v) is 4.64. The topological polar surface area (TPSA) is 30.2 Å². The molecular weight excluding hydrogens is 222 g/mol. The number of hydrogen-bond donors (Lipinski definition) is 0. The van der Waals surface area contributed by atoms with Crippen molar-refractivity contribution in [3.63, 3.8) is 0 Å². The fourth-order valence-electron chi connectivity index (χ4n) is 2.17. The highest BCUT2D eigenvalue weighted by molar-refractivity contribution is 5.40. The highest BCUT2D eigenvalue weighted by Crippen LogP contribution is 2.12. The van der Waals surface area contributed by atoms with E-state index in [4.69, 9.17) is 0 Å². The maximum absolute atomic E-state index is 4.29. The van der Waals surface area contributed by atoms with Crippen LogP contribution in [0.1, 0.15) is 22.6 Å². The van der Waals surface area contributed by atoms with Crippen LogP contribution in [-0.4, -0.2) is 14.6 Å². The quantitative estimate of drug-likeness (QED) is 0.686. The van der Waals surface area contributed by atoms with E-state index in [0.717, 1.165) is 17.9 Å². The van der Waals surface area contributed by atoms with Crippen LogP contribution in [0.5, 0.6) is 0 Å². The van der Waals surface area contributed by atoms with Crippen molar-refractivity contribution in [1.29, 1.82) is 0 Å². The summed E-state index contributed by atoms with van der Waals surface area (Å²) in [6.07, 6.45) is 0.812. The molecule has 0 aliphatic heterocycles. The van der Waals surface area contributed by atoms with Gasteiger partial charge in [-0.05, 0) is 31.5 Å². The van der Waals surface area contributed by atoms with Gasteiger partial charge in [0.2, 0.25) is 0 Å². The number of aromatic nitrogens is 3. The number of aryl methyl sites for hydroxylation is 2. The van der Waals surface area contributed by atoms with Gasteiger partial charge in [-0.15, -0.1) is 10.2 Å². The smallest absolute Gasteiger partial charge is 0.160 e. The maximum atomic E-state index is 4.29. The van der Waals surface area contributed by atoms with Crippen molar-refractivity contribution >= 4 is 5.65 Å². The van der Waals surface area contributed by atoms with Crippen LogP contribution in [0.15, 0.2) is 42.5 Å². The van der Waals surface area contributed by atoms with E-state index < -0.39 is 0 Å². The fraction of sp³-hybridized carbons (Fsp3) is 0.200. The van der Waals surface area contributed by atoms with E-state index in [1.165, 1.54) is 16.8 Å². The number of pyridine rings is 1. The van der Waals surface area contributed by atoms with Crippen LogP contribution in [0.25, 0.3) is 5.65 Å². The zero-order chi connectivity index (χ0) is 12.5. The van der Waals surface area contributed by atoms with Crippen molar-refractivity contribution in [3.8, 4) is 0 Å². The molecule has 3 aromatic rings. The number of hydrogen-bond acceptors (Lipinski definition) is 2. The Kier molecular flexibility index (Phi) is 2.59. The third-order valence-corrected chi connectivity index (χ3v) is 3.17. The van der Waals surface area contributed by atoms with E-state index >= 15 is 0 Å². The summed E-state index contributed by atoms with van der Waals surface area (Å²) in [4.78, 5) is 0. The predicted octanol–water partition coefficient (Wildman–Crippen LogP) is 2.94. The van der Waals surface area contributed by atoms with E-state index in [2.05, 4.69) is 58.8 Å². The van der Waals surface area contributed by atoms with Crippen LogP contribution in [0.3, 0.4) is 0 Å². The summed E-state index contributed by atoms with van der Waals surface area (Å²) in [5.41, 5.74) is 4.62. The highest BCUT2D eigenvalue weighted by Gasteiger charge is 2.07. The van der Waals surface area contributed by atoms with Crippen LogP contribution in [-0.2, 0) is 6.42 Å². The molecule has 0 spiro atoms. The lowest BCUT2D eigenvalue weighted by Gasteiger charge is -2.04. The van der Waals surface area contributed by atoms with E-state index in [0.29, 0.717) is 0 Å². The molecule has 0 aliphatic rings. The molecule has 0 bridgehead atoms. The third-order valence-electron chi connectivity index (χ3n) is 3.17. The van der Waals surface area contributed by atoms with Gasteiger partial charge in [0.25, 0.3) is 0 Å². The Morgan fingerprint density at radius 2 is 1.72 bits per heavy atom. The zero-order valence-corrected chi connectivity index (χ0v) is 10.6. The Hall–Kier alpha value is -2.16. The van der Waals surface area contributed by atoms with Crippen molar-refractivity contribution in [3.05, 3.63) is 65.1 Å². The Morgan fingerprint density at radius 3 is 2.50 bits per heavy atom. The molecule has 0 atom stereocenters. The molecule has 0 fully saturated rings. The van der Waals surface area contributed by atoms with Gasteiger partial charge in [-0.2, -0.15) is 0 Å². The minimum atomic E-state index is 0.812. The summed E-state index contributed by atoms with van der Waals surface area (Å²) in [5.74, 6) is 0.993. The van der Waals surface area contributed by atoms with E-state index in [9.17, 15) is 0 Å². The molecule has 0 radical (unpaired) electrons. The first kappa shape index (κ1) is 11.0. The molecule has 0 saturated carbocycles. The van der Waals surface area contributed by atoms with Crippen LogP contribution in [0, 0.1) is 13.8 Å². The van der Waals surface area contributed by atoms with Crippen LogP contribution in [0.2, 0.25) is 0 Å². The summed E-state index contributed by atoms with van der Waals surface area (Å²) in [6, 6.07) is 14.6. The molecule has 2 heterocycles. The molecule has 3 rings (SSSR count). The van der Waals surface area contributed by atoms with Gasteiger partial charge in [-0.25, -0.2) is 0 Å². The Labute approximate surface area is 106 Å². The highest BCUT2D eigenvalue weighted by atomic mass is 15.2. The summed E-state index contributed by atoms with van der Waals surface area (Å²) in [5, 5.41) is 8.49. The van der Waals surface area contributed by atoms with Crippen molar-refractivity contribution in [2.24, 2.45) is 0 Å². The van der Waals surface area contributed by atoms with Crippen LogP contribution >= 0.6 is 0 Å². The van der Waals surface area contributed by atoms with Crippen molar-refractivity contribution in [2.45, 2.75) is 20.3 Å². The Bertz CT molecular complexity index is 681. The summed E-state index contributed by atoms with van der Waals surface area (Å²) in [7, 11) is 0. The lowest BCUT2D eigenvalue weighted by molar-refractivity contribution is 0.914. The van der Waals surface area contributed by atoms with Gasteiger partial charge in [0, 0.05) is 12.1 Å². The van der Waals surface area contributed by atoms with Crippen LogP contribution < -0.4 is 0 Å². The van der Waals surface area contributed by atoms with Gasteiger partial charge in [-0.1, -0.05) is 35.9 Å². The van der Waals surface area contributed by atoms with Gasteiger partial charge >= 0.3 is 0 Å². The molecular formula is C15H15N3. The van der Waals surface area contributed by atoms with Crippen molar-refractivity contribution in [1.82, 2.24) is 14.6 Å². The van der Waals surface area contributed by atoms with E-state index in [1.54, 1.807) is 0 Å². The molecule has 0 unspecified atom stereocenters. The van der Waals surface area contributed by atoms with Gasteiger partial charge in [0.15, 0.2) is 5.65 Å². The maximum Gasteiger partial charge on any atom is 0.160 e. The third kappa shape index (κ3) is 1.88. The van der Waals surface area contributed by atoms with E-state index in [1.807, 2.05) is 12.1 Å². The summed E-state index contributed by atoms with van der Waals surface area (Å²) >= 11 is 0. The molecule has 18 heavy (non-hydrogen) atoms. The van der Waals surface area contributed by atoms with Gasteiger partial charge < -0.3 is 0 Å². The van der Waals surface area contributed by atoms with Gasteiger partial charge in [-0.3, -0.25) is 4.40 Å². The molecule has 90 valence electrons. The molecule has 3 nitrogen and oxygen atoms in total. The average molecular weight is 237 g/mol. The lowest BCUT2D eigenvalue weighted by atomic mass is 10.1. The standard InChI is InChI=1S/C15H15N3/c1-11-6-8-13(9-7-11)10-15-17-16-14-5-3-4-12(2)18(14)15/h3-9H,10H2,1-2H3. The van der Waals surface area contributed by atoms with E-state index in [-0.39, 0.29) is 0 Å². The summed E-state index contributed by atoms with van der Waals surface area (Å²) in [6.45, 7) is 4.18. The van der Waals surface area contributed by atoms with Crippen LogP contribution in [0.4, 0.5) is 0 Å². The molecule has 2 aromatic heterocycles. The second-order valence-electron chi connectivity index (χ2n) is 4.64. The summed E-state index contributed by atoms with van der Waals surface area (Å²) < 4.78 is 2.11. The molecule has 3 heteroatoms. The Balaban J connectivity index is 2.02. The number of rotatable bonds is 2. The molecule has 0 aliphatic carbocycles. The minimum absolute atomic E-state index is 0.812. The normalized spacial score (nSPS) is 11.0. The SMILES string of the molecule is Cc1ccc(Cc2nnc3cccc(C)n23)cc1. The minimum Gasteiger partial charge on any atom is -0.283 e. The molecule has 0 saturated heterocycles. The molecule has 0 N–H and O–H groups in total. The fourth-order valence-corrected chi connectivity index (χ4v) is 2.17. The van der Waals surface area contributed by atoms with Gasteiger partial charge in [0.1, 0.15) is 5.82 Å². The largest absolute Gasteiger partial charge is 0.283 e. The first-order chi connectivity index (χ1) is 8.74. The number of fused-ring (bicyclic) bond motifs is 1. The first-order valence-corrected chi connectivity index (χ1v) is 6.09. The molecule has 1 aromatic carbocycles. The molecule has 0 amide bonds. The first-order valence-electron chi connectivity index (χ1n) is 6.09. The predicted molar refractivity (Wildman–Crippen MR) is 71.7 cm³/mol. The van der Waals surface area contributed by atoms with Crippen molar-refractivity contribution < 1.29 is 0 Å². The zero-order valence-electron chi connectivity index (χ0n) is 10.6. The number of nitrogens with zero attached hydrogens (tertiary/aromatic N) is 3. The number of benzene rings is 1. The van der Waals surface area contributed by atoms with Crippen molar-refractivity contribution in [2.75, 3.05) is 0 Å².